The van der Waals surface area contributed by atoms with Gasteiger partial charge >= 0.3 is 5.97 Å². The first-order valence-electron chi connectivity index (χ1n) is 15.2. The fourth-order valence-corrected chi connectivity index (χ4v) is 6.55. The van der Waals surface area contributed by atoms with E-state index in [2.05, 4.69) is 10.3 Å². The van der Waals surface area contributed by atoms with Gasteiger partial charge < -0.3 is 24.3 Å². The molecule has 0 bridgehead atoms. The number of sulfone groups is 1. The zero-order chi connectivity index (χ0) is 30.4. The summed E-state index contributed by atoms with van der Waals surface area (Å²) in [6, 6.07) is 9.79. The molecule has 1 saturated carbocycles. The summed E-state index contributed by atoms with van der Waals surface area (Å²) in [6.45, 7) is 3.40. The van der Waals surface area contributed by atoms with Crippen LogP contribution in [0.15, 0.2) is 42.7 Å². The third-order valence-corrected chi connectivity index (χ3v) is 9.28. The number of nitrogens with zero attached hydrogens (tertiary/aromatic N) is 4. The lowest BCUT2D eigenvalue weighted by Gasteiger charge is -2.36. The molecule has 1 saturated heterocycles. The number of esters is 1. The van der Waals surface area contributed by atoms with Gasteiger partial charge in [0.1, 0.15) is 27.5 Å². The second-order valence-electron chi connectivity index (χ2n) is 11.5. The highest BCUT2D eigenvalue weighted by molar-refractivity contribution is 7.90. The molecule has 0 atom stereocenters. The molecule has 0 radical (unpaired) electrons. The van der Waals surface area contributed by atoms with Gasteiger partial charge in [0.05, 0.1) is 17.9 Å². The number of likely N-dealkylation sites (tertiary alicyclic amines) is 1. The van der Waals surface area contributed by atoms with Crippen molar-refractivity contribution in [1.82, 2.24) is 19.4 Å². The lowest BCUT2D eigenvalue weighted by atomic mass is 9.85. The number of aromatic nitrogens is 3. The molecular weight excluding hydrogens is 570 g/mol. The van der Waals surface area contributed by atoms with Gasteiger partial charge in [-0.05, 0) is 56.4 Å². The van der Waals surface area contributed by atoms with Crippen LogP contribution in [-0.2, 0) is 24.2 Å². The zero-order valence-corrected chi connectivity index (χ0v) is 25.7. The number of rotatable bonds is 11. The van der Waals surface area contributed by atoms with Crippen molar-refractivity contribution in [1.29, 1.82) is 0 Å². The summed E-state index contributed by atoms with van der Waals surface area (Å²) < 4.78 is 36.2. The quantitative estimate of drug-likeness (QED) is 0.251. The molecule has 1 aromatic carbocycles. The first-order chi connectivity index (χ1) is 20.7. The molecule has 0 unspecified atom stereocenters. The summed E-state index contributed by atoms with van der Waals surface area (Å²) in [5, 5.41) is 4.40. The number of fused-ring (bicyclic) bond motifs is 1. The Morgan fingerprint density at radius 3 is 2.53 bits per heavy atom. The van der Waals surface area contributed by atoms with Gasteiger partial charge in [-0.2, -0.15) is 4.98 Å². The molecule has 1 amide bonds. The topological polar surface area (TPSA) is 133 Å². The summed E-state index contributed by atoms with van der Waals surface area (Å²) in [5.74, 6) is 2.13. The number of carbonyl (C=O) groups is 2. The third kappa shape index (κ3) is 8.04. The van der Waals surface area contributed by atoms with Gasteiger partial charge in [-0.15, -0.1) is 0 Å². The van der Waals surface area contributed by atoms with Crippen molar-refractivity contribution in [2.24, 2.45) is 5.92 Å². The van der Waals surface area contributed by atoms with Crippen LogP contribution in [0, 0.1) is 5.92 Å². The van der Waals surface area contributed by atoms with E-state index in [9.17, 15) is 18.0 Å². The van der Waals surface area contributed by atoms with Crippen LogP contribution in [-0.4, -0.2) is 83.6 Å². The molecule has 232 valence electrons. The highest BCUT2D eigenvalue weighted by atomic mass is 32.2. The Labute approximate surface area is 252 Å². The third-order valence-electron chi connectivity index (χ3n) is 8.25. The van der Waals surface area contributed by atoms with Crippen molar-refractivity contribution in [2.45, 2.75) is 70.4 Å². The molecule has 43 heavy (non-hydrogen) atoms. The molecule has 3 heterocycles. The molecule has 12 heteroatoms. The normalized spacial score (nSPS) is 19.7. The van der Waals surface area contributed by atoms with Crippen LogP contribution in [0.1, 0.15) is 58.3 Å². The maximum absolute atomic E-state index is 13.2. The van der Waals surface area contributed by atoms with Gasteiger partial charge in [-0.25, -0.2) is 13.4 Å². The predicted molar refractivity (Wildman–Crippen MR) is 164 cm³/mol. The van der Waals surface area contributed by atoms with E-state index in [1.807, 2.05) is 46.0 Å². The lowest BCUT2D eigenvalue weighted by molar-refractivity contribution is -0.152. The molecule has 1 aliphatic heterocycles. The van der Waals surface area contributed by atoms with Crippen molar-refractivity contribution >= 4 is 38.6 Å². The first-order valence-corrected chi connectivity index (χ1v) is 17.2. The maximum Gasteiger partial charge on any atom is 0.305 e. The van der Waals surface area contributed by atoms with E-state index in [0.29, 0.717) is 57.1 Å². The lowest BCUT2D eigenvalue weighted by Crippen LogP contribution is -2.45. The highest BCUT2D eigenvalue weighted by Crippen LogP contribution is 2.30. The number of anilines is 1. The second-order valence-corrected chi connectivity index (χ2v) is 13.8. The predicted octanol–water partition coefficient (Wildman–Crippen LogP) is 4.15. The van der Waals surface area contributed by atoms with E-state index in [-0.39, 0.29) is 35.7 Å². The van der Waals surface area contributed by atoms with Crippen molar-refractivity contribution in [2.75, 3.05) is 37.0 Å². The molecule has 1 N–H and O–H groups in total. The SMILES string of the molecule is CCC(=O)OC1CCN(C(=O)C2CCC(Nc3nccc(-n4ccc5c(OCCCS(C)(=O)=O)cccc54)n3)CC2)CC1. The summed E-state index contributed by atoms with van der Waals surface area (Å²) in [7, 11) is -3.02. The number of carbonyl (C=O) groups excluding carboxylic acids is 2. The Hall–Kier alpha value is -3.67. The van der Waals surface area contributed by atoms with E-state index in [1.54, 1.807) is 13.1 Å². The second kappa shape index (κ2) is 13.7. The molecule has 2 aliphatic rings. The van der Waals surface area contributed by atoms with Crippen LogP contribution in [0.2, 0.25) is 0 Å². The van der Waals surface area contributed by atoms with Gasteiger partial charge in [-0.3, -0.25) is 9.59 Å². The Kier molecular flexibility index (Phi) is 9.84. The summed E-state index contributed by atoms with van der Waals surface area (Å²) >= 11 is 0. The number of benzene rings is 1. The molecular formula is C31H41N5O6S. The van der Waals surface area contributed by atoms with E-state index in [1.165, 1.54) is 6.26 Å². The Bertz CT molecular complexity index is 1520. The van der Waals surface area contributed by atoms with Crippen molar-refractivity contribution in [3.63, 3.8) is 0 Å². The molecule has 5 rings (SSSR count). The zero-order valence-electron chi connectivity index (χ0n) is 24.9. The standard InChI is InChI=1S/C31H41N5O6S/c1-3-29(37)42-24-13-17-35(18-14-24)30(38)22-8-10-23(11-9-22)33-31-32-16-12-28(34-31)36-19-15-25-26(36)6-4-7-27(25)41-20-5-21-43(2,39)40/h4,6-7,12,15-16,19,22-24H,3,5,8-11,13-14,17-18,20-21H2,1-2H3,(H,32,33,34). The van der Waals surface area contributed by atoms with Crippen molar-refractivity contribution < 1.29 is 27.5 Å². The van der Waals surface area contributed by atoms with Gasteiger partial charge in [0, 0.05) is 68.3 Å². The van der Waals surface area contributed by atoms with Crippen molar-refractivity contribution in [3.8, 4) is 11.6 Å². The molecule has 3 aromatic rings. The van der Waals surface area contributed by atoms with Crippen LogP contribution in [0.5, 0.6) is 5.75 Å². The fraction of sp³-hybridized carbons (Fsp3) is 0.548. The molecule has 11 nitrogen and oxygen atoms in total. The number of hydrogen-bond acceptors (Lipinski definition) is 9. The van der Waals surface area contributed by atoms with Crippen molar-refractivity contribution in [3.05, 3.63) is 42.7 Å². The number of hydrogen-bond donors (Lipinski definition) is 1. The van der Waals surface area contributed by atoms with Crippen LogP contribution in [0.3, 0.4) is 0 Å². The number of nitrogens with one attached hydrogen (secondary N) is 1. The average Bonchev–Trinajstić information content (AvgIpc) is 3.44. The molecule has 2 fully saturated rings. The van der Waals surface area contributed by atoms with Gasteiger partial charge in [0.2, 0.25) is 11.9 Å². The van der Waals surface area contributed by atoms with Gasteiger partial charge in [-0.1, -0.05) is 13.0 Å². The number of ether oxygens (including phenoxy) is 2. The number of amides is 1. The summed E-state index contributed by atoms with van der Waals surface area (Å²) in [4.78, 5) is 35.9. The first kappa shape index (κ1) is 30.8. The molecule has 1 aliphatic carbocycles. The highest BCUT2D eigenvalue weighted by Gasteiger charge is 2.32. The summed E-state index contributed by atoms with van der Waals surface area (Å²) in [5.41, 5.74) is 0.928. The molecule has 0 spiro atoms. The van der Waals surface area contributed by atoms with Gasteiger partial charge in [0.25, 0.3) is 0 Å². The average molecular weight is 612 g/mol. The minimum absolute atomic E-state index is 0.0223. The minimum Gasteiger partial charge on any atom is -0.493 e. The largest absolute Gasteiger partial charge is 0.493 e. The van der Waals surface area contributed by atoms with E-state index < -0.39 is 9.84 Å². The minimum atomic E-state index is -3.02. The Morgan fingerprint density at radius 1 is 1.05 bits per heavy atom. The Balaban J connectivity index is 1.14. The molecule has 2 aromatic heterocycles. The van der Waals surface area contributed by atoms with Crippen LogP contribution < -0.4 is 10.1 Å². The van der Waals surface area contributed by atoms with E-state index >= 15 is 0 Å². The van der Waals surface area contributed by atoms with Crippen LogP contribution in [0.25, 0.3) is 16.7 Å². The van der Waals surface area contributed by atoms with Crippen LogP contribution >= 0.6 is 0 Å². The summed E-state index contributed by atoms with van der Waals surface area (Å²) in [6.07, 6.45) is 10.4. The van der Waals surface area contributed by atoms with Gasteiger partial charge in [0.15, 0.2) is 0 Å². The fourth-order valence-electron chi connectivity index (χ4n) is 5.91. The Morgan fingerprint density at radius 2 is 1.81 bits per heavy atom. The maximum atomic E-state index is 13.2. The smallest absolute Gasteiger partial charge is 0.305 e. The monoisotopic (exact) mass is 611 g/mol. The van der Waals surface area contributed by atoms with E-state index in [0.717, 1.165) is 42.4 Å². The number of piperidine rings is 1. The van der Waals surface area contributed by atoms with Crippen LogP contribution in [0.4, 0.5) is 5.95 Å². The van der Waals surface area contributed by atoms with E-state index in [4.69, 9.17) is 14.5 Å².